The lowest BCUT2D eigenvalue weighted by Crippen LogP contribution is -2.52. The maximum absolute atomic E-state index is 13.4. The molecule has 0 unspecified atom stereocenters. The van der Waals surface area contributed by atoms with E-state index < -0.39 is 6.04 Å². The Labute approximate surface area is 213 Å². The van der Waals surface area contributed by atoms with E-state index in [9.17, 15) is 9.59 Å². The van der Waals surface area contributed by atoms with Crippen LogP contribution in [0.2, 0.25) is 5.02 Å². The highest BCUT2D eigenvalue weighted by Gasteiger charge is 2.31. The third-order valence-electron chi connectivity index (χ3n) is 6.84. The first kappa shape index (κ1) is 25.0. The fourth-order valence-electron chi connectivity index (χ4n) is 4.77. The highest BCUT2D eigenvalue weighted by atomic mass is 35.5. The normalized spacial score (nSPS) is 15.2. The summed E-state index contributed by atoms with van der Waals surface area (Å²) in [5.41, 5.74) is 5.05. The van der Waals surface area contributed by atoms with Crippen LogP contribution in [0, 0.1) is 12.8 Å². The quantitative estimate of drug-likeness (QED) is 0.432. The molecule has 4 nitrogen and oxygen atoms in total. The number of carbonyl (C=O) groups is 2. The van der Waals surface area contributed by atoms with E-state index in [1.54, 1.807) is 6.07 Å². The van der Waals surface area contributed by atoms with Crippen LogP contribution in [0.4, 0.5) is 0 Å². The number of halogens is 1. The van der Waals surface area contributed by atoms with Crippen LogP contribution < -0.4 is 5.32 Å². The van der Waals surface area contributed by atoms with Crippen LogP contribution in [0.1, 0.15) is 54.1 Å². The number of rotatable bonds is 6. The Bertz CT molecular complexity index is 1180. The largest absolute Gasteiger partial charge is 0.341 e. The zero-order chi connectivity index (χ0) is 24.9. The highest BCUT2D eigenvalue weighted by molar-refractivity contribution is 6.30. The molecule has 0 saturated carbocycles. The van der Waals surface area contributed by atoms with E-state index in [1.165, 1.54) is 11.1 Å². The second kappa shape index (κ2) is 11.1. The smallest absolute Gasteiger partial charge is 0.251 e. The summed E-state index contributed by atoms with van der Waals surface area (Å²) >= 11 is 6.02. The Morgan fingerprint density at radius 3 is 2.17 bits per heavy atom. The summed E-state index contributed by atoms with van der Waals surface area (Å²) in [6.45, 7) is 7.39. The van der Waals surface area contributed by atoms with Gasteiger partial charge >= 0.3 is 0 Å². The van der Waals surface area contributed by atoms with E-state index in [0.29, 0.717) is 24.6 Å². The van der Waals surface area contributed by atoms with E-state index in [-0.39, 0.29) is 17.7 Å². The minimum atomic E-state index is -0.558. The summed E-state index contributed by atoms with van der Waals surface area (Å²) in [6.07, 6.45) is 1.81. The van der Waals surface area contributed by atoms with Crippen molar-refractivity contribution in [1.29, 1.82) is 0 Å². The summed E-state index contributed by atoms with van der Waals surface area (Å²) < 4.78 is 0. The second-order valence-electron chi connectivity index (χ2n) is 9.80. The number of piperidine rings is 1. The van der Waals surface area contributed by atoms with Gasteiger partial charge in [0.25, 0.3) is 5.91 Å². The fraction of sp³-hybridized carbons (Fsp3) is 0.333. The summed E-state index contributed by atoms with van der Waals surface area (Å²) in [4.78, 5) is 28.5. The van der Waals surface area contributed by atoms with E-state index >= 15 is 0 Å². The zero-order valence-corrected chi connectivity index (χ0v) is 21.4. The Balaban J connectivity index is 1.42. The molecule has 4 rings (SSSR count). The molecule has 3 aromatic rings. The first-order valence-corrected chi connectivity index (χ1v) is 12.7. The van der Waals surface area contributed by atoms with Gasteiger partial charge in [0.1, 0.15) is 6.04 Å². The molecule has 182 valence electrons. The molecule has 1 heterocycles. The Kier molecular flexibility index (Phi) is 7.92. The van der Waals surface area contributed by atoms with Gasteiger partial charge in [-0.25, -0.2) is 0 Å². The average molecular weight is 489 g/mol. The molecule has 0 bridgehead atoms. The summed E-state index contributed by atoms with van der Waals surface area (Å²) in [5, 5.41) is 3.76. The monoisotopic (exact) mass is 488 g/mol. The lowest BCUT2D eigenvalue weighted by atomic mass is 9.89. The number of nitrogens with zero attached hydrogens (tertiary/aromatic N) is 1. The number of nitrogens with one attached hydrogen (secondary N) is 1. The number of hydrogen-bond acceptors (Lipinski definition) is 2. The molecule has 3 aromatic carbocycles. The van der Waals surface area contributed by atoms with E-state index in [4.69, 9.17) is 11.6 Å². The summed E-state index contributed by atoms with van der Waals surface area (Å²) in [7, 11) is 0. The number of hydrogen-bond donors (Lipinski definition) is 1. The molecule has 1 fully saturated rings. The molecule has 2 amide bonds. The van der Waals surface area contributed by atoms with Gasteiger partial charge < -0.3 is 10.2 Å². The lowest BCUT2D eigenvalue weighted by molar-refractivity contribution is -0.135. The number of likely N-dealkylation sites (tertiary alicyclic amines) is 1. The highest BCUT2D eigenvalue weighted by Crippen LogP contribution is 2.29. The van der Waals surface area contributed by atoms with Crippen molar-refractivity contribution in [3.8, 4) is 11.1 Å². The molecule has 5 heteroatoms. The topological polar surface area (TPSA) is 49.4 Å². The van der Waals surface area contributed by atoms with Crippen molar-refractivity contribution < 1.29 is 9.59 Å². The van der Waals surface area contributed by atoms with Crippen molar-refractivity contribution in [2.45, 2.75) is 45.6 Å². The maximum atomic E-state index is 13.4. The van der Waals surface area contributed by atoms with Gasteiger partial charge in [0.05, 0.1) is 0 Å². The van der Waals surface area contributed by atoms with Gasteiger partial charge in [0.2, 0.25) is 5.91 Å². The molecule has 35 heavy (non-hydrogen) atoms. The van der Waals surface area contributed by atoms with Crippen LogP contribution in [0.15, 0.2) is 72.8 Å². The summed E-state index contributed by atoms with van der Waals surface area (Å²) in [5.74, 6) is 0.188. The lowest BCUT2D eigenvalue weighted by Gasteiger charge is -2.35. The number of benzene rings is 3. The fourth-order valence-corrected chi connectivity index (χ4v) is 4.89. The number of carbonyl (C=O) groups excluding carboxylic acids is 2. The molecule has 1 aliphatic heterocycles. The van der Waals surface area contributed by atoms with Gasteiger partial charge in [0.15, 0.2) is 0 Å². The van der Waals surface area contributed by atoms with Crippen LogP contribution in [0.3, 0.4) is 0 Å². The predicted molar refractivity (Wildman–Crippen MR) is 143 cm³/mol. The van der Waals surface area contributed by atoms with Gasteiger partial charge in [-0.1, -0.05) is 79.5 Å². The molecule has 0 aromatic heterocycles. The maximum Gasteiger partial charge on any atom is 0.251 e. The number of amides is 2. The van der Waals surface area contributed by atoms with Crippen molar-refractivity contribution in [2.75, 3.05) is 13.1 Å². The Morgan fingerprint density at radius 2 is 1.54 bits per heavy atom. The van der Waals surface area contributed by atoms with E-state index in [1.807, 2.05) is 61.2 Å². The Morgan fingerprint density at radius 1 is 0.914 bits per heavy atom. The third kappa shape index (κ3) is 6.12. The molecule has 0 aliphatic carbocycles. The van der Waals surface area contributed by atoms with Gasteiger partial charge in [0, 0.05) is 23.7 Å². The molecule has 0 spiro atoms. The van der Waals surface area contributed by atoms with Crippen LogP contribution in [0.5, 0.6) is 0 Å². The minimum absolute atomic E-state index is 0.00209. The SMILES string of the molecule is Cc1cccc(-c2cccc(C(=O)N[C@@H](C(=O)N3CCC(c4ccc(Cl)cc4)CC3)C(C)C)c2)c1. The third-order valence-corrected chi connectivity index (χ3v) is 7.10. The predicted octanol–water partition coefficient (Wildman–Crippen LogP) is 6.48. The zero-order valence-electron chi connectivity index (χ0n) is 20.6. The Hall–Kier alpha value is -3.11. The number of aryl methyl sites for hydroxylation is 1. The average Bonchev–Trinajstić information content (AvgIpc) is 2.87. The van der Waals surface area contributed by atoms with Gasteiger partial charge in [-0.05, 0) is 72.6 Å². The molecular weight excluding hydrogens is 456 g/mol. The van der Waals surface area contributed by atoms with Crippen molar-refractivity contribution >= 4 is 23.4 Å². The first-order chi connectivity index (χ1) is 16.8. The molecular formula is C30H33ClN2O2. The molecule has 1 atom stereocenters. The van der Waals surface area contributed by atoms with Crippen molar-refractivity contribution in [1.82, 2.24) is 10.2 Å². The van der Waals surface area contributed by atoms with Crippen molar-refractivity contribution in [2.24, 2.45) is 5.92 Å². The van der Waals surface area contributed by atoms with Crippen LogP contribution in [-0.2, 0) is 4.79 Å². The van der Waals surface area contributed by atoms with Crippen molar-refractivity contribution in [3.05, 3.63) is 94.5 Å². The van der Waals surface area contributed by atoms with Crippen LogP contribution >= 0.6 is 11.6 Å². The van der Waals surface area contributed by atoms with E-state index in [0.717, 1.165) is 29.0 Å². The molecule has 1 N–H and O–H groups in total. The summed E-state index contributed by atoms with van der Waals surface area (Å²) in [6, 6.07) is 23.2. The minimum Gasteiger partial charge on any atom is -0.341 e. The van der Waals surface area contributed by atoms with Gasteiger partial charge in [-0.3, -0.25) is 9.59 Å². The van der Waals surface area contributed by atoms with Crippen molar-refractivity contribution in [3.63, 3.8) is 0 Å². The van der Waals surface area contributed by atoms with Gasteiger partial charge in [-0.2, -0.15) is 0 Å². The standard InChI is InChI=1S/C30H33ClN2O2/c1-20(2)28(30(35)33-16-14-23(15-17-33)22-10-12-27(31)13-11-22)32-29(34)26-9-5-8-25(19-26)24-7-4-6-21(3)18-24/h4-13,18-20,23,28H,14-17H2,1-3H3,(H,32,34)/t28-/m1/s1. The second-order valence-corrected chi connectivity index (χ2v) is 10.2. The molecule has 1 aliphatic rings. The molecule has 1 saturated heterocycles. The van der Waals surface area contributed by atoms with Gasteiger partial charge in [-0.15, -0.1) is 0 Å². The van der Waals surface area contributed by atoms with E-state index in [2.05, 4.69) is 36.5 Å². The van der Waals surface area contributed by atoms with Crippen LogP contribution in [0.25, 0.3) is 11.1 Å². The molecule has 0 radical (unpaired) electrons. The van der Waals surface area contributed by atoms with Crippen LogP contribution in [-0.4, -0.2) is 35.8 Å². The first-order valence-electron chi connectivity index (χ1n) is 12.3.